The number of phenolic OH excluding ortho intramolecular Hbond substituents is 1. The molecule has 1 N–H and O–H groups in total. The van der Waals surface area contributed by atoms with Crippen molar-refractivity contribution in [3.63, 3.8) is 0 Å². The number of ether oxygens (including phenoxy) is 2. The van der Waals surface area contributed by atoms with Gasteiger partial charge in [0.05, 0.1) is 38.3 Å². The molecule has 4 atom stereocenters. The summed E-state index contributed by atoms with van der Waals surface area (Å²) < 4.78 is 32.6. The van der Waals surface area contributed by atoms with Gasteiger partial charge in [0.2, 0.25) is 11.8 Å². The molecule has 2 heterocycles. The van der Waals surface area contributed by atoms with Gasteiger partial charge in [0, 0.05) is 5.92 Å². The van der Waals surface area contributed by atoms with E-state index in [0.29, 0.717) is 23.3 Å². The maximum atomic E-state index is 14.0. The van der Waals surface area contributed by atoms with Crippen LogP contribution in [0.5, 0.6) is 5.75 Å². The molecule has 1 aliphatic carbocycles. The van der Waals surface area contributed by atoms with Crippen LogP contribution in [0.1, 0.15) is 52.5 Å². The Morgan fingerprint density at radius 2 is 1.64 bits per heavy atom. The molecule has 0 bridgehead atoms. The van der Waals surface area contributed by atoms with Gasteiger partial charge in [-0.1, -0.05) is 99.2 Å². The number of halogens is 1. The van der Waals surface area contributed by atoms with Gasteiger partial charge in [-0.2, -0.15) is 4.90 Å². The lowest BCUT2D eigenvalue weighted by molar-refractivity contribution is -0.137. The number of likely N-dealkylation sites (tertiary alicyclic amines) is 1. The Bertz CT molecular complexity index is 1800. The SMILES string of the molecule is COC(=O)N1C(=O)[C@@H]2[C@@H](CC(CO[Si](c3ccccc3)(c3ccccc3)C(C)(C)C)=C3[C@@H](CC/C(C)=C/c4ccc(O)c(F)c4)OC[C@@H]32)C1=O. The summed E-state index contributed by atoms with van der Waals surface area (Å²) in [6.07, 6.45) is 2.06. The molecule has 2 saturated heterocycles. The zero-order valence-electron chi connectivity index (χ0n) is 29.1. The lowest BCUT2D eigenvalue weighted by Gasteiger charge is -2.44. The number of amides is 3. The smallest absolute Gasteiger partial charge is 0.423 e. The van der Waals surface area contributed by atoms with Crippen molar-refractivity contribution in [2.45, 2.75) is 58.1 Å². The number of fused-ring (bicyclic) bond motifs is 3. The van der Waals surface area contributed by atoms with Crippen molar-refractivity contribution in [1.29, 1.82) is 0 Å². The van der Waals surface area contributed by atoms with Gasteiger partial charge in [-0.05, 0) is 70.4 Å². The van der Waals surface area contributed by atoms with Gasteiger partial charge in [0.15, 0.2) is 11.6 Å². The number of methoxy groups -OCH3 is 1. The van der Waals surface area contributed by atoms with Gasteiger partial charge in [-0.3, -0.25) is 9.59 Å². The molecule has 0 aromatic heterocycles. The monoisotopic (exact) mass is 697 g/mol. The number of carbonyl (C=O) groups is 3. The zero-order chi connectivity index (χ0) is 35.8. The zero-order valence-corrected chi connectivity index (χ0v) is 30.1. The Morgan fingerprint density at radius 1 is 1.00 bits per heavy atom. The summed E-state index contributed by atoms with van der Waals surface area (Å²) in [5, 5.41) is 11.6. The summed E-state index contributed by atoms with van der Waals surface area (Å²) >= 11 is 0. The van der Waals surface area contributed by atoms with Gasteiger partial charge in [0.1, 0.15) is 0 Å². The Balaban J connectivity index is 1.38. The quantitative estimate of drug-likeness (QED) is 0.158. The summed E-state index contributed by atoms with van der Waals surface area (Å²) in [4.78, 5) is 40.6. The predicted octanol–water partition coefficient (Wildman–Crippen LogP) is 6.37. The number of nitrogens with zero attached hydrogens (tertiary/aromatic N) is 1. The van der Waals surface area contributed by atoms with E-state index < -0.39 is 55.5 Å². The molecule has 0 radical (unpaired) electrons. The first-order valence-corrected chi connectivity index (χ1v) is 19.0. The van der Waals surface area contributed by atoms with Crippen LogP contribution in [0.4, 0.5) is 9.18 Å². The van der Waals surface area contributed by atoms with Crippen molar-refractivity contribution in [1.82, 2.24) is 4.90 Å². The van der Waals surface area contributed by atoms with Gasteiger partial charge in [-0.15, -0.1) is 0 Å². The normalized spacial score (nSPS) is 22.5. The third-order valence-corrected chi connectivity index (χ3v) is 15.4. The molecule has 262 valence electrons. The summed E-state index contributed by atoms with van der Waals surface area (Å²) in [7, 11) is -1.80. The van der Waals surface area contributed by atoms with Crippen LogP contribution in [0, 0.1) is 23.6 Å². The van der Waals surface area contributed by atoms with Crippen molar-refractivity contribution < 1.29 is 37.8 Å². The van der Waals surface area contributed by atoms with Crippen molar-refractivity contribution in [3.05, 3.63) is 107 Å². The minimum absolute atomic E-state index is 0.240. The molecule has 0 saturated carbocycles. The first kappa shape index (κ1) is 35.4. The minimum Gasteiger partial charge on any atom is -0.505 e. The van der Waals surface area contributed by atoms with Crippen LogP contribution < -0.4 is 10.4 Å². The third kappa shape index (κ3) is 6.36. The fraction of sp³-hybridized carbons (Fsp3) is 0.375. The average Bonchev–Trinajstić information content (AvgIpc) is 3.63. The number of hydrogen-bond donors (Lipinski definition) is 1. The number of rotatable bonds is 9. The second-order valence-corrected chi connectivity index (χ2v) is 18.8. The highest BCUT2D eigenvalue weighted by atomic mass is 28.4. The van der Waals surface area contributed by atoms with Gasteiger partial charge < -0.3 is 19.0 Å². The van der Waals surface area contributed by atoms with E-state index in [2.05, 4.69) is 45.0 Å². The van der Waals surface area contributed by atoms with Crippen molar-refractivity contribution in [2.24, 2.45) is 17.8 Å². The molecule has 0 spiro atoms. The van der Waals surface area contributed by atoms with E-state index in [1.165, 1.54) is 12.1 Å². The Labute approximate surface area is 293 Å². The van der Waals surface area contributed by atoms with Crippen LogP contribution in [0.15, 0.2) is 95.6 Å². The largest absolute Gasteiger partial charge is 0.505 e. The first-order valence-electron chi connectivity index (χ1n) is 17.1. The number of allylic oxidation sites excluding steroid dienone is 1. The maximum absolute atomic E-state index is 14.0. The van der Waals surface area contributed by atoms with Crippen LogP contribution >= 0.6 is 0 Å². The summed E-state index contributed by atoms with van der Waals surface area (Å²) in [5.41, 5.74) is 3.54. The van der Waals surface area contributed by atoms with Crippen LogP contribution in [-0.4, -0.2) is 62.7 Å². The number of phenols is 1. The third-order valence-electron chi connectivity index (χ3n) is 10.4. The standard InChI is InChI=1S/C40H44FNO7Si/c1-25(20-26-17-18-33(43)32(41)21-26)16-19-34-35-27(22-30-36(31(35)24-48-34)38(45)42(37(30)44)39(46)47-5)23-49-50(40(2,3)4,28-12-8-6-9-13-28)29-14-10-7-11-15-29/h6-15,17-18,20-21,30-31,34,36,43H,16,19,22-24H2,1-5H3/b25-20+/t30-,31+,34-,36-/m1/s1. The molecule has 3 aromatic carbocycles. The maximum Gasteiger partial charge on any atom is 0.423 e. The highest BCUT2D eigenvalue weighted by Crippen LogP contribution is 2.50. The first-order chi connectivity index (χ1) is 23.9. The van der Waals surface area contributed by atoms with Crippen LogP contribution in [0.3, 0.4) is 0 Å². The van der Waals surface area contributed by atoms with Crippen LogP contribution in [0.2, 0.25) is 5.04 Å². The van der Waals surface area contributed by atoms with Crippen molar-refractivity contribution in [3.8, 4) is 5.75 Å². The van der Waals surface area contributed by atoms with Crippen molar-refractivity contribution in [2.75, 3.05) is 20.3 Å². The van der Waals surface area contributed by atoms with E-state index >= 15 is 0 Å². The van der Waals surface area contributed by atoms with E-state index in [0.717, 1.165) is 34.2 Å². The molecule has 8 nitrogen and oxygen atoms in total. The molecule has 2 fully saturated rings. The topological polar surface area (TPSA) is 102 Å². The molecular weight excluding hydrogens is 654 g/mol. The number of hydrogen-bond acceptors (Lipinski definition) is 7. The fourth-order valence-electron chi connectivity index (χ4n) is 8.16. The van der Waals surface area contributed by atoms with Crippen LogP contribution in [-0.2, 0) is 23.5 Å². The molecule has 50 heavy (non-hydrogen) atoms. The number of carbonyl (C=O) groups excluding carboxylic acids is 3. The molecular formula is C40H44FNO7Si. The van der Waals surface area contributed by atoms with E-state index in [4.69, 9.17) is 13.9 Å². The minimum atomic E-state index is -2.96. The van der Waals surface area contributed by atoms with E-state index in [1.807, 2.05) is 49.4 Å². The molecule has 3 aliphatic rings. The number of imide groups is 3. The Morgan fingerprint density at radius 3 is 2.22 bits per heavy atom. The van der Waals surface area contributed by atoms with Gasteiger partial charge in [0.25, 0.3) is 8.32 Å². The number of aromatic hydroxyl groups is 1. The predicted molar refractivity (Wildman–Crippen MR) is 191 cm³/mol. The summed E-state index contributed by atoms with van der Waals surface area (Å²) in [6.45, 7) is 9.07. The van der Waals surface area contributed by atoms with Crippen molar-refractivity contribution >= 4 is 42.7 Å². The lowest BCUT2D eigenvalue weighted by atomic mass is 9.69. The summed E-state index contributed by atoms with van der Waals surface area (Å²) in [6, 6.07) is 24.9. The second-order valence-electron chi connectivity index (χ2n) is 14.5. The van der Waals surface area contributed by atoms with E-state index in [1.54, 1.807) is 6.07 Å². The highest BCUT2D eigenvalue weighted by molar-refractivity contribution is 6.99. The fourth-order valence-corrected chi connectivity index (χ4v) is 12.7. The van der Waals surface area contributed by atoms with E-state index in [9.17, 15) is 23.9 Å². The average molecular weight is 698 g/mol. The molecule has 2 aliphatic heterocycles. The molecule has 0 unspecified atom stereocenters. The number of benzene rings is 3. The van der Waals surface area contributed by atoms with E-state index in [-0.39, 0.29) is 30.8 Å². The van der Waals surface area contributed by atoms with Crippen LogP contribution in [0.25, 0.3) is 6.08 Å². The molecule has 3 amide bonds. The van der Waals surface area contributed by atoms with Gasteiger partial charge >= 0.3 is 6.09 Å². The Kier molecular flexibility index (Phi) is 9.99. The second kappa shape index (κ2) is 14.1. The highest BCUT2D eigenvalue weighted by Gasteiger charge is 2.59. The summed E-state index contributed by atoms with van der Waals surface area (Å²) in [5.74, 6) is -4.01. The molecule has 6 rings (SSSR count). The lowest BCUT2D eigenvalue weighted by Crippen LogP contribution is -2.66. The molecule has 10 heteroatoms. The van der Waals surface area contributed by atoms with Gasteiger partial charge in [-0.25, -0.2) is 9.18 Å². The molecule has 3 aromatic rings. The Hall–Kier alpha value is -4.38.